The second kappa shape index (κ2) is 4.46. The highest BCUT2D eigenvalue weighted by atomic mass is 16.3. The quantitative estimate of drug-likeness (QED) is 0.511. The van der Waals surface area contributed by atoms with Crippen molar-refractivity contribution in [2.45, 2.75) is 0 Å². The van der Waals surface area contributed by atoms with Gasteiger partial charge in [-0.2, -0.15) is 5.26 Å². The molecular formula is C18H10N2O. The van der Waals surface area contributed by atoms with Gasteiger partial charge < -0.3 is 4.42 Å². The van der Waals surface area contributed by atoms with E-state index >= 15 is 0 Å². The number of aromatic nitrogens is 1. The highest BCUT2D eigenvalue weighted by molar-refractivity contribution is 6.03. The van der Waals surface area contributed by atoms with Gasteiger partial charge in [0.1, 0.15) is 11.3 Å². The third-order valence-corrected chi connectivity index (χ3v) is 3.55. The molecule has 21 heavy (non-hydrogen) atoms. The van der Waals surface area contributed by atoms with Gasteiger partial charge >= 0.3 is 0 Å². The molecule has 0 aliphatic carbocycles. The van der Waals surface area contributed by atoms with Crippen LogP contribution in [0.25, 0.3) is 33.2 Å². The van der Waals surface area contributed by atoms with Crippen LogP contribution in [-0.2, 0) is 0 Å². The molecule has 2 heterocycles. The monoisotopic (exact) mass is 270 g/mol. The Morgan fingerprint density at radius 1 is 1.00 bits per heavy atom. The van der Waals surface area contributed by atoms with Crippen LogP contribution in [-0.4, -0.2) is 4.98 Å². The highest BCUT2D eigenvalue weighted by Gasteiger charge is 2.09. The van der Waals surface area contributed by atoms with E-state index in [2.05, 4.69) is 11.1 Å². The fraction of sp³-hybridized carbons (Fsp3) is 0. The maximum Gasteiger partial charge on any atom is 0.145 e. The maximum atomic E-state index is 8.85. The summed E-state index contributed by atoms with van der Waals surface area (Å²) < 4.78 is 6.02. The standard InChI is InChI=1S/C18H10N2O/c19-10-12-5-7-13(8-6-12)17-9-14-11-20-16-4-2-1-3-15(16)18(14)21-17/h1-9,11H. The van der Waals surface area contributed by atoms with E-state index in [9.17, 15) is 0 Å². The Bertz CT molecular complexity index is 991. The van der Waals surface area contributed by atoms with Crippen molar-refractivity contribution >= 4 is 21.9 Å². The Hall–Kier alpha value is -3.12. The Morgan fingerprint density at radius 3 is 2.62 bits per heavy atom. The number of fused-ring (bicyclic) bond motifs is 3. The van der Waals surface area contributed by atoms with E-state index in [1.54, 1.807) is 12.1 Å². The zero-order chi connectivity index (χ0) is 14.2. The lowest BCUT2D eigenvalue weighted by molar-refractivity contribution is 0.635. The van der Waals surface area contributed by atoms with Crippen molar-refractivity contribution in [2.75, 3.05) is 0 Å². The Labute approximate surface area is 121 Å². The summed E-state index contributed by atoms with van der Waals surface area (Å²) in [6.07, 6.45) is 1.83. The summed E-state index contributed by atoms with van der Waals surface area (Å²) >= 11 is 0. The molecule has 98 valence electrons. The average Bonchev–Trinajstić information content (AvgIpc) is 2.99. The first kappa shape index (κ1) is 11.7. The maximum absolute atomic E-state index is 8.85. The zero-order valence-electron chi connectivity index (χ0n) is 11.1. The van der Waals surface area contributed by atoms with Gasteiger partial charge in [0.25, 0.3) is 0 Å². The minimum atomic E-state index is 0.641. The topological polar surface area (TPSA) is 49.8 Å². The number of nitriles is 1. The van der Waals surface area contributed by atoms with Gasteiger partial charge in [-0.25, -0.2) is 0 Å². The van der Waals surface area contributed by atoms with Gasteiger partial charge in [0.05, 0.1) is 17.1 Å². The predicted molar refractivity (Wildman–Crippen MR) is 81.7 cm³/mol. The van der Waals surface area contributed by atoms with Crippen LogP contribution >= 0.6 is 0 Å². The Morgan fingerprint density at radius 2 is 1.81 bits per heavy atom. The third kappa shape index (κ3) is 1.86. The van der Waals surface area contributed by atoms with Gasteiger partial charge in [0, 0.05) is 22.5 Å². The summed E-state index contributed by atoms with van der Waals surface area (Å²) in [6.45, 7) is 0. The summed E-state index contributed by atoms with van der Waals surface area (Å²) in [6, 6.07) is 19.4. The first-order valence-electron chi connectivity index (χ1n) is 6.63. The fourth-order valence-electron chi connectivity index (χ4n) is 2.48. The van der Waals surface area contributed by atoms with Crippen LogP contribution in [0.3, 0.4) is 0 Å². The number of pyridine rings is 1. The van der Waals surface area contributed by atoms with E-state index in [4.69, 9.17) is 9.68 Å². The molecule has 2 aromatic carbocycles. The molecule has 3 nitrogen and oxygen atoms in total. The highest BCUT2D eigenvalue weighted by Crippen LogP contribution is 2.31. The zero-order valence-corrected chi connectivity index (χ0v) is 11.1. The van der Waals surface area contributed by atoms with E-state index in [0.717, 1.165) is 33.2 Å². The number of furan rings is 1. The second-order valence-corrected chi connectivity index (χ2v) is 4.86. The molecule has 0 radical (unpaired) electrons. The smallest absolute Gasteiger partial charge is 0.145 e. The SMILES string of the molecule is N#Cc1ccc(-c2cc3cnc4ccccc4c3o2)cc1. The lowest BCUT2D eigenvalue weighted by atomic mass is 10.1. The number of hydrogen-bond acceptors (Lipinski definition) is 3. The molecule has 0 fully saturated rings. The molecule has 0 saturated heterocycles. The Balaban J connectivity index is 1.94. The first-order chi connectivity index (χ1) is 10.3. The average molecular weight is 270 g/mol. The summed E-state index contributed by atoms with van der Waals surface area (Å²) in [5.41, 5.74) is 3.36. The molecule has 0 aliphatic heterocycles. The largest absolute Gasteiger partial charge is 0.455 e. The Kier molecular flexibility index (Phi) is 2.48. The fourth-order valence-corrected chi connectivity index (χ4v) is 2.48. The lowest BCUT2D eigenvalue weighted by Crippen LogP contribution is -1.77. The van der Waals surface area contributed by atoms with Gasteiger partial charge in [0.15, 0.2) is 0 Å². The van der Waals surface area contributed by atoms with Crippen molar-refractivity contribution in [3.63, 3.8) is 0 Å². The predicted octanol–water partition coefficient (Wildman–Crippen LogP) is 4.52. The molecule has 0 atom stereocenters. The van der Waals surface area contributed by atoms with Crippen molar-refractivity contribution in [1.82, 2.24) is 4.98 Å². The number of rotatable bonds is 1. The van der Waals surface area contributed by atoms with Gasteiger partial charge in [-0.15, -0.1) is 0 Å². The van der Waals surface area contributed by atoms with Crippen LogP contribution in [0.2, 0.25) is 0 Å². The van der Waals surface area contributed by atoms with Crippen LogP contribution in [0, 0.1) is 11.3 Å². The van der Waals surface area contributed by atoms with Crippen molar-refractivity contribution in [3.05, 3.63) is 66.4 Å². The van der Waals surface area contributed by atoms with E-state index in [1.165, 1.54) is 0 Å². The van der Waals surface area contributed by atoms with Gasteiger partial charge in [-0.1, -0.05) is 12.1 Å². The molecule has 0 bridgehead atoms. The molecule has 0 aliphatic rings. The molecule has 0 saturated carbocycles. The summed E-state index contributed by atoms with van der Waals surface area (Å²) in [5.74, 6) is 0.785. The van der Waals surface area contributed by atoms with Gasteiger partial charge in [-0.05, 0) is 42.5 Å². The number of benzene rings is 2. The van der Waals surface area contributed by atoms with Gasteiger partial charge in [-0.3, -0.25) is 4.98 Å². The number of para-hydroxylation sites is 1. The molecule has 4 aromatic rings. The molecule has 0 amide bonds. The van der Waals surface area contributed by atoms with Crippen LogP contribution in [0.1, 0.15) is 5.56 Å². The molecular weight excluding hydrogens is 260 g/mol. The second-order valence-electron chi connectivity index (χ2n) is 4.86. The number of hydrogen-bond donors (Lipinski definition) is 0. The summed E-state index contributed by atoms with van der Waals surface area (Å²) in [5, 5.41) is 10.8. The van der Waals surface area contributed by atoms with E-state index in [-0.39, 0.29) is 0 Å². The molecule has 4 rings (SSSR count). The van der Waals surface area contributed by atoms with Crippen LogP contribution in [0.4, 0.5) is 0 Å². The van der Waals surface area contributed by atoms with Crippen molar-refractivity contribution in [1.29, 1.82) is 5.26 Å². The van der Waals surface area contributed by atoms with E-state index in [1.807, 2.05) is 48.7 Å². The van der Waals surface area contributed by atoms with Crippen molar-refractivity contribution < 1.29 is 4.42 Å². The van der Waals surface area contributed by atoms with Crippen LogP contribution < -0.4 is 0 Å². The normalized spacial score (nSPS) is 10.8. The number of nitrogens with zero attached hydrogens (tertiary/aromatic N) is 2. The van der Waals surface area contributed by atoms with Gasteiger partial charge in [0.2, 0.25) is 0 Å². The van der Waals surface area contributed by atoms with Crippen LogP contribution in [0.15, 0.2) is 65.2 Å². The summed E-state index contributed by atoms with van der Waals surface area (Å²) in [7, 11) is 0. The third-order valence-electron chi connectivity index (χ3n) is 3.55. The summed E-state index contributed by atoms with van der Waals surface area (Å²) in [4.78, 5) is 4.44. The molecule has 0 spiro atoms. The minimum absolute atomic E-state index is 0.641. The van der Waals surface area contributed by atoms with E-state index in [0.29, 0.717) is 5.56 Å². The van der Waals surface area contributed by atoms with Crippen LogP contribution in [0.5, 0.6) is 0 Å². The van der Waals surface area contributed by atoms with Crippen molar-refractivity contribution in [2.24, 2.45) is 0 Å². The molecule has 0 unspecified atom stereocenters. The lowest BCUT2D eigenvalue weighted by Gasteiger charge is -1.97. The molecule has 3 heteroatoms. The minimum Gasteiger partial charge on any atom is -0.455 e. The molecule has 2 aromatic heterocycles. The first-order valence-corrected chi connectivity index (χ1v) is 6.63. The van der Waals surface area contributed by atoms with E-state index < -0.39 is 0 Å². The molecule has 0 N–H and O–H groups in total. The van der Waals surface area contributed by atoms with Crippen molar-refractivity contribution in [3.8, 4) is 17.4 Å².